The smallest absolute Gasteiger partial charge is 0.307 e. The van der Waals surface area contributed by atoms with Crippen LogP contribution in [0.4, 0.5) is 0 Å². The van der Waals surface area contributed by atoms with Crippen molar-refractivity contribution in [2.24, 2.45) is 0 Å². The van der Waals surface area contributed by atoms with Gasteiger partial charge >= 0.3 is 5.97 Å². The molecular weight excluding hydrogens is 200 g/mol. The summed E-state index contributed by atoms with van der Waals surface area (Å²) >= 11 is 0. The van der Waals surface area contributed by atoms with Crippen LogP contribution in [-0.4, -0.2) is 5.97 Å². The van der Waals surface area contributed by atoms with E-state index in [-0.39, 0.29) is 5.97 Å². The quantitative estimate of drug-likeness (QED) is 0.439. The third-order valence-corrected chi connectivity index (χ3v) is 1.34. The molecule has 1 aromatic carbocycles. The van der Waals surface area contributed by atoms with Gasteiger partial charge in [-0.2, -0.15) is 0 Å². The first-order chi connectivity index (χ1) is 7.77. The van der Waals surface area contributed by atoms with Gasteiger partial charge in [0.15, 0.2) is 0 Å². The summed E-state index contributed by atoms with van der Waals surface area (Å²) in [6, 6.07) is 12.0. The number of carbonyl (C=O) groups excluding carboxylic acids is 1. The van der Waals surface area contributed by atoms with Gasteiger partial charge in [0.1, 0.15) is 0 Å². The predicted octanol–water partition coefficient (Wildman–Crippen LogP) is 3.49. The first-order valence-corrected chi connectivity index (χ1v) is 4.89. The van der Waals surface area contributed by atoms with Gasteiger partial charge in [-0.15, -0.1) is 0 Å². The van der Waals surface area contributed by atoms with E-state index in [0.29, 0.717) is 0 Å². The highest BCUT2D eigenvalue weighted by atomic mass is 16.5. The number of carbonyl (C=O) groups is 1. The van der Waals surface area contributed by atoms with Crippen molar-refractivity contribution in [3.05, 3.63) is 73.5 Å². The third-order valence-electron chi connectivity index (χ3n) is 1.34. The molecule has 0 bridgehead atoms. The highest BCUT2D eigenvalue weighted by Gasteiger charge is 1.81. The average Bonchev–Trinajstić information content (AvgIpc) is 2.31. The summed E-state index contributed by atoms with van der Waals surface area (Å²) in [4.78, 5) is 10.2. The van der Waals surface area contributed by atoms with Gasteiger partial charge in [0.05, 0.1) is 6.26 Å². The summed E-state index contributed by atoms with van der Waals surface area (Å²) in [6.45, 7) is 4.81. The number of esters is 1. The summed E-state index contributed by atoms with van der Waals surface area (Å²) < 4.78 is 4.48. The molecule has 0 aliphatic carbocycles. The Balaban J connectivity index is 0.000000315. The van der Waals surface area contributed by atoms with Crippen LogP contribution in [-0.2, 0) is 9.53 Å². The highest BCUT2D eigenvalue weighted by molar-refractivity contribution is 5.66. The molecule has 0 saturated heterocycles. The Morgan fingerprint density at radius 2 is 1.50 bits per heavy atom. The number of ether oxygens (including phenoxy) is 1. The fraction of sp³-hybridized carbons (Fsp3) is 0.0714. The van der Waals surface area contributed by atoms with E-state index in [0.717, 1.165) is 0 Å². The first-order valence-electron chi connectivity index (χ1n) is 4.89. The molecule has 0 fully saturated rings. The van der Waals surface area contributed by atoms with Gasteiger partial charge in [-0.05, 0) is 6.08 Å². The Bertz CT molecular complexity index is 310. The Morgan fingerprint density at radius 1 is 1.00 bits per heavy atom. The van der Waals surface area contributed by atoms with Crippen LogP contribution >= 0.6 is 0 Å². The van der Waals surface area contributed by atoms with Crippen LogP contribution in [0.25, 0.3) is 0 Å². The molecule has 0 aliphatic rings. The predicted molar refractivity (Wildman–Crippen MR) is 66.7 cm³/mol. The Kier molecular flexibility index (Phi) is 9.55. The minimum absolute atomic E-state index is 0.316. The Labute approximate surface area is 96.6 Å². The van der Waals surface area contributed by atoms with Crippen molar-refractivity contribution in [1.29, 1.82) is 0 Å². The van der Waals surface area contributed by atoms with Gasteiger partial charge in [0, 0.05) is 6.92 Å². The van der Waals surface area contributed by atoms with E-state index in [2.05, 4.69) is 11.3 Å². The maximum absolute atomic E-state index is 10.2. The zero-order chi connectivity index (χ0) is 12.1. The number of allylic oxidation sites excluding steroid dienone is 4. The molecule has 1 aromatic rings. The van der Waals surface area contributed by atoms with Crippen molar-refractivity contribution in [3.8, 4) is 0 Å². The molecule has 0 aromatic heterocycles. The van der Waals surface area contributed by atoms with E-state index in [1.54, 1.807) is 24.3 Å². The second kappa shape index (κ2) is 11.0. The SMILES string of the molecule is C=C/C=C\C=C/OC(C)=O.c1ccccc1. The molecule has 0 aliphatic heterocycles. The zero-order valence-corrected chi connectivity index (χ0v) is 9.37. The monoisotopic (exact) mass is 216 g/mol. The molecule has 84 valence electrons. The van der Waals surface area contributed by atoms with Crippen LogP contribution in [0.5, 0.6) is 0 Å². The van der Waals surface area contributed by atoms with E-state index >= 15 is 0 Å². The molecule has 0 radical (unpaired) electrons. The molecule has 0 heterocycles. The zero-order valence-electron chi connectivity index (χ0n) is 9.37. The fourth-order valence-corrected chi connectivity index (χ4v) is 0.708. The summed E-state index contributed by atoms with van der Waals surface area (Å²) in [5.41, 5.74) is 0. The van der Waals surface area contributed by atoms with Crippen molar-refractivity contribution in [2.75, 3.05) is 0 Å². The fourth-order valence-electron chi connectivity index (χ4n) is 0.708. The summed E-state index contributed by atoms with van der Waals surface area (Å²) in [6.07, 6.45) is 8.03. The summed E-state index contributed by atoms with van der Waals surface area (Å²) in [5.74, 6) is -0.316. The molecule has 2 heteroatoms. The van der Waals surface area contributed by atoms with E-state index in [4.69, 9.17) is 0 Å². The summed E-state index contributed by atoms with van der Waals surface area (Å²) in [7, 11) is 0. The largest absolute Gasteiger partial charge is 0.435 e. The molecule has 0 spiro atoms. The van der Waals surface area contributed by atoms with Crippen LogP contribution in [0.15, 0.2) is 73.5 Å². The lowest BCUT2D eigenvalue weighted by Crippen LogP contribution is -1.88. The lowest BCUT2D eigenvalue weighted by Gasteiger charge is -1.86. The molecule has 1 rings (SSSR count). The maximum atomic E-state index is 10.2. The standard InChI is InChI=1S/C8H10O2.C6H6/c1-3-4-5-6-7-10-8(2)9;1-2-4-6-5-3-1/h3-7H,1H2,2H3;1-6H/b5-4-,7-6-;. The van der Waals surface area contributed by atoms with Crippen LogP contribution < -0.4 is 0 Å². The second-order valence-corrected chi connectivity index (χ2v) is 2.71. The minimum atomic E-state index is -0.316. The van der Waals surface area contributed by atoms with Gasteiger partial charge in [-0.3, -0.25) is 4.79 Å². The number of benzene rings is 1. The van der Waals surface area contributed by atoms with Gasteiger partial charge in [0.25, 0.3) is 0 Å². The van der Waals surface area contributed by atoms with Crippen molar-refractivity contribution in [2.45, 2.75) is 6.92 Å². The van der Waals surface area contributed by atoms with Gasteiger partial charge in [-0.25, -0.2) is 0 Å². The second-order valence-electron chi connectivity index (χ2n) is 2.71. The lowest BCUT2D eigenvalue weighted by molar-refractivity contribution is -0.135. The third kappa shape index (κ3) is 11.9. The van der Waals surface area contributed by atoms with E-state index in [1.807, 2.05) is 36.4 Å². The van der Waals surface area contributed by atoms with Crippen LogP contribution in [0.2, 0.25) is 0 Å². The van der Waals surface area contributed by atoms with Crippen molar-refractivity contribution >= 4 is 5.97 Å². The topological polar surface area (TPSA) is 26.3 Å². The normalized spacial score (nSPS) is 9.56. The molecule has 0 N–H and O–H groups in total. The molecule has 16 heavy (non-hydrogen) atoms. The highest BCUT2D eigenvalue weighted by Crippen LogP contribution is 1.81. The van der Waals surface area contributed by atoms with E-state index < -0.39 is 0 Å². The molecule has 0 amide bonds. The number of hydrogen-bond acceptors (Lipinski definition) is 2. The lowest BCUT2D eigenvalue weighted by atomic mass is 10.4. The molecule has 0 atom stereocenters. The van der Waals surface area contributed by atoms with Crippen LogP contribution in [0.1, 0.15) is 6.92 Å². The maximum Gasteiger partial charge on any atom is 0.307 e. The minimum Gasteiger partial charge on any atom is -0.435 e. The molecule has 2 nitrogen and oxygen atoms in total. The first kappa shape index (κ1) is 13.9. The van der Waals surface area contributed by atoms with Crippen molar-refractivity contribution in [1.82, 2.24) is 0 Å². The Morgan fingerprint density at radius 3 is 1.88 bits per heavy atom. The van der Waals surface area contributed by atoms with Crippen molar-refractivity contribution in [3.63, 3.8) is 0 Å². The van der Waals surface area contributed by atoms with Gasteiger partial charge in [0.2, 0.25) is 0 Å². The Hall–Kier alpha value is -2.09. The average molecular weight is 216 g/mol. The van der Waals surface area contributed by atoms with Crippen LogP contribution in [0.3, 0.4) is 0 Å². The van der Waals surface area contributed by atoms with Gasteiger partial charge < -0.3 is 4.74 Å². The molecular formula is C14H16O2. The number of hydrogen-bond donors (Lipinski definition) is 0. The van der Waals surface area contributed by atoms with Crippen LogP contribution in [0, 0.1) is 0 Å². The molecule has 0 saturated carbocycles. The van der Waals surface area contributed by atoms with E-state index in [1.165, 1.54) is 13.2 Å². The number of rotatable bonds is 3. The van der Waals surface area contributed by atoms with Crippen molar-refractivity contribution < 1.29 is 9.53 Å². The summed E-state index contributed by atoms with van der Waals surface area (Å²) in [5, 5.41) is 0. The van der Waals surface area contributed by atoms with Gasteiger partial charge in [-0.1, -0.05) is 61.2 Å². The van der Waals surface area contributed by atoms with E-state index in [9.17, 15) is 4.79 Å². The molecule has 0 unspecified atom stereocenters.